The van der Waals surface area contributed by atoms with E-state index in [-0.39, 0.29) is 18.9 Å². The second-order valence-electron chi connectivity index (χ2n) is 4.09. The third-order valence-corrected chi connectivity index (χ3v) is 3.10. The number of benzene rings is 2. The summed E-state index contributed by atoms with van der Waals surface area (Å²) in [5, 5.41) is 20.4. The van der Waals surface area contributed by atoms with Gasteiger partial charge in [0.15, 0.2) is 0 Å². The lowest BCUT2D eigenvalue weighted by atomic mass is 10.2. The number of aliphatic hydroxyl groups is 1. The smallest absolute Gasteiger partial charge is 0.269 e. The van der Waals surface area contributed by atoms with E-state index in [9.17, 15) is 15.2 Å². The quantitative estimate of drug-likeness (QED) is 0.678. The first kappa shape index (κ1) is 14.3. The molecule has 0 atom stereocenters. The van der Waals surface area contributed by atoms with E-state index in [1.165, 1.54) is 12.1 Å². The Morgan fingerprint density at radius 3 is 2.70 bits per heavy atom. The Morgan fingerprint density at radius 2 is 2.00 bits per heavy atom. The van der Waals surface area contributed by atoms with Gasteiger partial charge in [-0.1, -0.05) is 29.8 Å². The Hall–Kier alpha value is -2.11. The van der Waals surface area contributed by atoms with Crippen LogP contribution in [-0.4, -0.2) is 10.0 Å². The van der Waals surface area contributed by atoms with Crippen molar-refractivity contribution in [3.05, 3.63) is 68.7 Å². The van der Waals surface area contributed by atoms with Gasteiger partial charge in [0.25, 0.3) is 5.69 Å². The summed E-state index contributed by atoms with van der Waals surface area (Å²) in [5.74, 6) is 0.464. The van der Waals surface area contributed by atoms with E-state index >= 15 is 0 Å². The molecule has 20 heavy (non-hydrogen) atoms. The van der Waals surface area contributed by atoms with E-state index < -0.39 is 4.92 Å². The predicted molar refractivity (Wildman–Crippen MR) is 74.8 cm³/mol. The van der Waals surface area contributed by atoms with Crippen molar-refractivity contribution >= 4 is 17.3 Å². The fourth-order valence-corrected chi connectivity index (χ4v) is 1.97. The topological polar surface area (TPSA) is 72.6 Å². The van der Waals surface area contributed by atoms with Crippen molar-refractivity contribution < 1.29 is 14.8 Å². The van der Waals surface area contributed by atoms with Crippen LogP contribution in [0.1, 0.15) is 11.1 Å². The Labute approximate surface area is 120 Å². The molecule has 2 aromatic rings. The van der Waals surface area contributed by atoms with Crippen LogP contribution >= 0.6 is 11.6 Å². The number of aliphatic hydroxyl groups excluding tert-OH is 1. The number of rotatable bonds is 5. The van der Waals surface area contributed by atoms with Gasteiger partial charge >= 0.3 is 0 Å². The van der Waals surface area contributed by atoms with Gasteiger partial charge in [-0.25, -0.2) is 0 Å². The molecule has 0 aromatic heterocycles. The standard InChI is InChI=1S/C14H12ClNO4/c15-13-5-2-6-14(12(13)8-17)20-9-10-3-1-4-11(7-10)16(18)19/h1-7,17H,8-9H2. The van der Waals surface area contributed by atoms with Crippen LogP contribution in [0.15, 0.2) is 42.5 Å². The molecule has 0 saturated heterocycles. The molecule has 1 N–H and O–H groups in total. The first-order chi connectivity index (χ1) is 9.61. The Kier molecular flexibility index (Phi) is 4.55. The second kappa shape index (κ2) is 6.36. The summed E-state index contributed by atoms with van der Waals surface area (Å²) in [6.45, 7) is -0.0705. The lowest BCUT2D eigenvalue weighted by Crippen LogP contribution is -2.00. The second-order valence-corrected chi connectivity index (χ2v) is 4.50. The van der Waals surface area contributed by atoms with Gasteiger partial charge in [0.2, 0.25) is 0 Å². The number of nitro groups is 1. The third-order valence-electron chi connectivity index (χ3n) is 2.75. The molecule has 0 radical (unpaired) electrons. The number of nitro benzene ring substituents is 1. The Balaban J connectivity index is 2.15. The Morgan fingerprint density at radius 1 is 1.25 bits per heavy atom. The molecule has 0 aliphatic rings. The maximum absolute atomic E-state index is 10.7. The molecule has 5 nitrogen and oxygen atoms in total. The number of hydrogen-bond acceptors (Lipinski definition) is 4. The van der Waals surface area contributed by atoms with Crippen LogP contribution in [0.4, 0.5) is 5.69 Å². The van der Waals surface area contributed by atoms with Crippen LogP contribution in [-0.2, 0) is 13.2 Å². The fraction of sp³-hybridized carbons (Fsp3) is 0.143. The minimum atomic E-state index is -0.456. The van der Waals surface area contributed by atoms with E-state index in [0.717, 1.165) is 0 Å². The lowest BCUT2D eigenvalue weighted by Gasteiger charge is -2.11. The van der Waals surface area contributed by atoms with E-state index in [1.807, 2.05) is 0 Å². The van der Waals surface area contributed by atoms with Crippen molar-refractivity contribution in [1.29, 1.82) is 0 Å². The summed E-state index contributed by atoms with van der Waals surface area (Å²) < 4.78 is 5.56. The van der Waals surface area contributed by atoms with Crippen molar-refractivity contribution in [2.45, 2.75) is 13.2 Å². The number of halogens is 1. The monoisotopic (exact) mass is 293 g/mol. The summed E-state index contributed by atoms with van der Waals surface area (Å²) in [4.78, 5) is 10.2. The van der Waals surface area contributed by atoms with Gasteiger partial charge in [0.1, 0.15) is 12.4 Å². The molecule has 0 aliphatic heterocycles. The van der Waals surface area contributed by atoms with Crippen molar-refractivity contribution in [3.8, 4) is 5.75 Å². The van der Waals surface area contributed by atoms with E-state index in [4.69, 9.17) is 16.3 Å². The van der Waals surface area contributed by atoms with Crippen LogP contribution in [0.25, 0.3) is 0 Å². The molecule has 2 aromatic carbocycles. The first-order valence-electron chi connectivity index (χ1n) is 5.86. The molecule has 0 spiro atoms. The van der Waals surface area contributed by atoms with Crippen LogP contribution in [0, 0.1) is 10.1 Å². The molecule has 0 amide bonds. The average molecular weight is 294 g/mol. The molecular weight excluding hydrogens is 282 g/mol. The van der Waals surface area contributed by atoms with Crippen LogP contribution in [0.3, 0.4) is 0 Å². The number of hydrogen-bond donors (Lipinski definition) is 1. The molecule has 104 valence electrons. The first-order valence-corrected chi connectivity index (χ1v) is 6.24. The summed E-state index contributed by atoms with van der Waals surface area (Å²) >= 11 is 5.95. The highest BCUT2D eigenvalue weighted by atomic mass is 35.5. The summed E-state index contributed by atoms with van der Waals surface area (Å²) in [5.41, 5.74) is 1.18. The molecule has 0 saturated carbocycles. The molecular formula is C14H12ClNO4. The van der Waals surface area contributed by atoms with Crippen molar-refractivity contribution in [1.82, 2.24) is 0 Å². The minimum absolute atomic E-state index is 0.0135. The largest absolute Gasteiger partial charge is 0.488 e. The minimum Gasteiger partial charge on any atom is -0.488 e. The van der Waals surface area contributed by atoms with E-state index in [2.05, 4.69) is 0 Å². The number of ether oxygens (including phenoxy) is 1. The van der Waals surface area contributed by atoms with Crippen LogP contribution < -0.4 is 4.74 Å². The van der Waals surface area contributed by atoms with Crippen molar-refractivity contribution in [2.75, 3.05) is 0 Å². The van der Waals surface area contributed by atoms with Gasteiger partial charge in [0, 0.05) is 22.7 Å². The van der Waals surface area contributed by atoms with Gasteiger partial charge in [-0.2, -0.15) is 0 Å². The zero-order valence-electron chi connectivity index (χ0n) is 10.5. The van der Waals surface area contributed by atoms with Gasteiger partial charge in [-0.05, 0) is 17.7 Å². The third kappa shape index (κ3) is 3.26. The van der Waals surface area contributed by atoms with Gasteiger partial charge in [-0.15, -0.1) is 0 Å². The number of non-ortho nitro benzene ring substituents is 1. The summed E-state index contributed by atoms with van der Waals surface area (Å²) in [7, 11) is 0. The molecule has 0 fully saturated rings. The molecule has 6 heteroatoms. The van der Waals surface area contributed by atoms with E-state index in [1.54, 1.807) is 30.3 Å². The number of nitrogens with zero attached hydrogens (tertiary/aromatic N) is 1. The Bertz CT molecular complexity index is 630. The summed E-state index contributed by atoms with van der Waals surface area (Å²) in [6.07, 6.45) is 0. The van der Waals surface area contributed by atoms with Crippen LogP contribution in [0.5, 0.6) is 5.75 Å². The average Bonchev–Trinajstić information content (AvgIpc) is 2.45. The highest BCUT2D eigenvalue weighted by molar-refractivity contribution is 6.31. The van der Waals surface area contributed by atoms with Crippen molar-refractivity contribution in [3.63, 3.8) is 0 Å². The highest BCUT2D eigenvalue weighted by Crippen LogP contribution is 2.27. The predicted octanol–water partition coefficient (Wildman–Crippen LogP) is 3.32. The molecule has 0 unspecified atom stereocenters. The molecule has 0 aliphatic carbocycles. The van der Waals surface area contributed by atoms with E-state index in [0.29, 0.717) is 21.9 Å². The zero-order chi connectivity index (χ0) is 14.5. The lowest BCUT2D eigenvalue weighted by molar-refractivity contribution is -0.384. The summed E-state index contributed by atoms with van der Waals surface area (Å²) in [6, 6.07) is 11.3. The van der Waals surface area contributed by atoms with Crippen molar-refractivity contribution in [2.24, 2.45) is 0 Å². The van der Waals surface area contributed by atoms with Gasteiger partial charge < -0.3 is 9.84 Å². The molecule has 2 rings (SSSR count). The van der Waals surface area contributed by atoms with Gasteiger partial charge in [-0.3, -0.25) is 10.1 Å². The van der Waals surface area contributed by atoms with Crippen LogP contribution in [0.2, 0.25) is 5.02 Å². The van der Waals surface area contributed by atoms with Gasteiger partial charge in [0.05, 0.1) is 11.5 Å². The fourth-order valence-electron chi connectivity index (χ4n) is 1.75. The zero-order valence-corrected chi connectivity index (χ0v) is 11.2. The molecule has 0 bridgehead atoms. The SMILES string of the molecule is O=[N+]([O-])c1cccc(COc2cccc(Cl)c2CO)c1. The molecule has 0 heterocycles. The maximum atomic E-state index is 10.7. The normalized spacial score (nSPS) is 10.3. The maximum Gasteiger partial charge on any atom is 0.269 e. The highest BCUT2D eigenvalue weighted by Gasteiger charge is 2.09.